The zero-order chi connectivity index (χ0) is 18.9. The van der Waals surface area contributed by atoms with Gasteiger partial charge in [0.05, 0.1) is 0 Å². The lowest BCUT2D eigenvalue weighted by Crippen LogP contribution is -2.48. The molecule has 1 aliphatic heterocycles. The first-order valence-corrected chi connectivity index (χ1v) is 10.7. The number of phenols is 1. The molecular weight excluding hydrogens is 483 g/mol. The summed E-state index contributed by atoms with van der Waals surface area (Å²) < 4.78 is 0. The van der Waals surface area contributed by atoms with Crippen molar-refractivity contribution in [2.75, 3.05) is 26.7 Å². The largest absolute Gasteiger partial charge is 0.508 e. The van der Waals surface area contributed by atoms with Crippen LogP contribution in [0.3, 0.4) is 0 Å². The zero-order valence-electron chi connectivity index (χ0n) is 16.4. The van der Waals surface area contributed by atoms with Crippen molar-refractivity contribution in [3.63, 3.8) is 0 Å². The number of aliphatic imine (C=N–C) groups is 1. The molecule has 0 amide bonds. The molecule has 5 nitrogen and oxygen atoms in total. The van der Waals surface area contributed by atoms with Crippen molar-refractivity contribution < 1.29 is 5.11 Å². The average Bonchev–Trinajstić information content (AvgIpc) is 3.20. The molecule has 0 atom stereocenters. The minimum absolute atomic E-state index is 0. The second-order valence-electron chi connectivity index (χ2n) is 7.10. The predicted octanol–water partition coefficient (Wildman–Crippen LogP) is 3.83. The fraction of sp³-hybridized carbons (Fsp3) is 0.476. The van der Waals surface area contributed by atoms with Gasteiger partial charge in [0.1, 0.15) is 5.75 Å². The van der Waals surface area contributed by atoms with E-state index in [1.165, 1.54) is 11.1 Å². The van der Waals surface area contributed by atoms with E-state index in [1.807, 2.05) is 19.2 Å². The SMILES string of the molecule is CN=C(NCCCc1ccc(O)cc1)NC1CCN(Cc2ccsc2)CC1.I. The summed E-state index contributed by atoms with van der Waals surface area (Å²) in [7, 11) is 1.83. The van der Waals surface area contributed by atoms with Gasteiger partial charge >= 0.3 is 0 Å². The minimum atomic E-state index is 0. The molecule has 3 N–H and O–H groups in total. The van der Waals surface area contributed by atoms with Crippen LogP contribution in [0, 0.1) is 0 Å². The van der Waals surface area contributed by atoms with E-state index in [2.05, 4.69) is 37.4 Å². The summed E-state index contributed by atoms with van der Waals surface area (Å²) in [5.41, 5.74) is 2.67. The van der Waals surface area contributed by atoms with Crippen LogP contribution in [0.4, 0.5) is 0 Å². The molecule has 1 aliphatic rings. The summed E-state index contributed by atoms with van der Waals surface area (Å²) in [5.74, 6) is 1.22. The second kappa shape index (κ2) is 12.3. The van der Waals surface area contributed by atoms with Gasteiger partial charge in [-0.3, -0.25) is 9.89 Å². The maximum Gasteiger partial charge on any atom is 0.191 e. The molecular formula is C21H31IN4OS. The summed E-state index contributed by atoms with van der Waals surface area (Å²) in [5, 5.41) is 20.7. The second-order valence-corrected chi connectivity index (χ2v) is 7.88. The highest BCUT2D eigenvalue weighted by Crippen LogP contribution is 2.15. The van der Waals surface area contributed by atoms with Crippen LogP contribution < -0.4 is 10.6 Å². The molecule has 1 saturated heterocycles. The zero-order valence-corrected chi connectivity index (χ0v) is 19.6. The Kier molecular flexibility index (Phi) is 10.1. The molecule has 0 spiro atoms. The summed E-state index contributed by atoms with van der Waals surface area (Å²) in [4.78, 5) is 6.90. The lowest BCUT2D eigenvalue weighted by molar-refractivity contribution is 0.198. The summed E-state index contributed by atoms with van der Waals surface area (Å²) >= 11 is 1.77. The van der Waals surface area contributed by atoms with Gasteiger partial charge in [0.25, 0.3) is 0 Å². The van der Waals surface area contributed by atoms with Gasteiger partial charge in [-0.1, -0.05) is 12.1 Å². The van der Waals surface area contributed by atoms with Crippen LogP contribution in [-0.2, 0) is 13.0 Å². The van der Waals surface area contributed by atoms with Gasteiger partial charge in [-0.2, -0.15) is 11.3 Å². The first kappa shape index (κ1) is 23.0. The van der Waals surface area contributed by atoms with Crippen LogP contribution >= 0.6 is 35.3 Å². The van der Waals surface area contributed by atoms with Crippen molar-refractivity contribution in [1.82, 2.24) is 15.5 Å². The number of hydrogen-bond donors (Lipinski definition) is 3. The molecule has 1 aromatic carbocycles. The first-order chi connectivity index (χ1) is 13.2. The highest BCUT2D eigenvalue weighted by molar-refractivity contribution is 14.0. The molecule has 2 aromatic rings. The molecule has 7 heteroatoms. The summed E-state index contributed by atoms with van der Waals surface area (Å²) in [6, 6.07) is 10.2. The number of rotatable bonds is 7. The Morgan fingerprint density at radius 3 is 2.57 bits per heavy atom. The van der Waals surface area contributed by atoms with Gasteiger partial charge in [-0.15, -0.1) is 24.0 Å². The highest BCUT2D eigenvalue weighted by atomic mass is 127. The maximum atomic E-state index is 9.33. The Bertz CT molecular complexity index is 698. The molecule has 154 valence electrons. The molecule has 1 aromatic heterocycles. The van der Waals surface area contributed by atoms with E-state index >= 15 is 0 Å². The Morgan fingerprint density at radius 1 is 1.18 bits per heavy atom. The fourth-order valence-corrected chi connectivity index (χ4v) is 4.09. The standard InChI is InChI=1S/C21H30N4OS.HI/c1-22-21(23-11-2-3-17-4-6-20(26)7-5-17)24-19-8-12-25(13-9-19)15-18-10-14-27-16-18;/h4-7,10,14,16,19,26H,2-3,8-9,11-13,15H2,1H3,(H2,22,23,24);1H. The number of aryl methyl sites for hydroxylation is 1. The molecule has 1 fully saturated rings. The van der Waals surface area contributed by atoms with Gasteiger partial charge in [-0.05, 0) is 65.8 Å². The lowest BCUT2D eigenvalue weighted by Gasteiger charge is -2.32. The van der Waals surface area contributed by atoms with E-state index < -0.39 is 0 Å². The lowest BCUT2D eigenvalue weighted by atomic mass is 10.0. The van der Waals surface area contributed by atoms with Crippen LogP contribution in [0.2, 0.25) is 0 Å². The number of aromatic hydroxyl groups is 1. The van der Waals surface area contributed by atoms with Gasteiger partial charge in [0, 0.05) is 39.3 Å². The normalized spacial score (nSPS) is 15.8. The Labute approximate surface area is 189 Å². The number of halogens is 1. The monoisotopic (exact) mass is 514 g/mol. The highest BCUT2D eigenvalue weighted by Gasteiger charge is 2.20. The Morgan fingerprint density at radius 2 is 1.93 bits per heavy atom. The van der Waals surface area contributed by atoms with Gasteiger partial charge in [0.15, 0.2) is 5.96 Å². The third-order valence-electron chi connectivity index (χ3n) is 5.01. The molecule has 0 bridgehead atoms. The topological polar surface area (TPSA) is 59.9 Å². The number of piperidine rings is 1. The van der Waals surface area contributed by atoms with Crippen LogP contribution in [0.15, 0.2) is 46.1 Å². The summed E-state index contributed by atoms with van der Waals surface area (Å²) in [6.07, 6.45) is 4.33. The van der Waals surface area contributed by atoms with Crippen LogP contribution in [0.1, 0.15) is 30.4 Å². The van der Waals surface area contributed by atoms with Crippen molar-refractivity contribution in [3.8, 4) is 5.75 Å². The number of thiophene rings is 1. The molecule has 0 aliphatic carbocycles. The molecule has 3 rings (SSSR count). The molecule has 2 heterocycles. The first-order valence-electron chi connectivity index (χ1n) is 9.71. The van der Waals surface area contributed by atoms with Gasteiger partial charge < -0.3 is 15.7 Å². The maximum absolute atomic E-state index is 9.33. The van der Waals surface area contributed by atoms with Crippen molar-refractivity contribution >= 4 is 41.3 Å². The fourth-order valence-electron chi connectivity index (χ4n) is 3.43. The number of guanidine groups is 1. The number of hydrogen-bond acceptors (Lipinski definition) is 4. The van der Waals surface area contributed by atoms with Crippen molar-refractivity contribution in [1.29, 1.82) is 0 Å². The smallest absolute Gasteiger partial charge is 0.191 e. The Hall–Kier alpha value is -1.32. The van der Waals surface area contributed by atoms with Gasteiger partial charge in [0.2, 0.25) is 0 Å². The minimum Gasteiger partial charge on any atom is -0.508 e. The van der Waals surface area contributed by atoms with E-state index in [4.69, 9.17) is 0 Å². The quantitative estimate of drug-likeness (QED) is 0.228. The average molecular weight is 514 g/mol. The van der Waals surface area contributed by atoms with Crippen LogP contribution in [0.5, 0.6) is 5.75 Å². The van der Waals surface area contributed by atoms with Crippen molar-refractivity contribution in [2.24, 2.45) is 4.99 Å². The van der Waals surface area contributed by atoms with Gasteiger partial charge in [-0.25, -0.2) is 0 Å². The van der Waals surface area contributed by atoms with E-state index in [0.29, 0.717) is 11.8 Å². The van der Waals surface area contributed by atoms with Crippen molar-refractivity contribution in [3.05, 3.63) is 52.2 Å². The van der Waals surface area contributed by atoms with Crippen LogP contribution in [0.25, 0.3) is 0 Å². The third-order valence-corrected chi connectivity index (χ3v) is 5.74. The summed E-state index contributed by atoms with van der Waals surface area (Å²) in [6.45, 7) is 4.22. The van der Waals surface area contributed by atoms with Crippen LogP contribution in [-0.4, -0.2) is 48.7 Å². The molecule has 28 heavy (non-hydrogen) atoms. The molecule has 0 unspecified atom stereocenters. The number of benzene rings is 1. The number of nitrogens with one attached hydrogen (secondary N) is 2. The van der Waals surface area contributed by atoms with Crippen molar-refractivity contribution in [2.45, 2.75) is 38.3 Å². The predicted molar refractivity (Wildman–Crippen MR) is 129 cm³/mol. The number of nitrogens with zero attached hydrogens (tertiary/aromatic N) is 2. The van der Waals surface area contributed by atoms with E-state index in [0.717, 1.165) is 57.8 Å². The number of phenolic OH excluding ortho intramolecular Hbond substituents is 1. The Balaban J connectivity index is 0.00000280. The van der Waals surface area contributed by atoms with E-state index in [1.54, 1.807) is 23.5 Å². The molecule has 0 saturated carbocycles. The molecule has 0 radical (unpaired) electrons. The van der Waals surface area contributed by atoms with E-state index in [9.17, 15) is 5.11 Å². The van der Waals surface area contributed by atoms with E-state index in [-0.39, 0.29) is 24.0 Å². The third kappa shape index (κ3) is 7.60. The number of likely N-dealkylation sites (tertiary alicyclic amines) is 1.